The van der Waals surface area contributed by atoms with Crippen LogP contribution in [0, 0.1) is 12.3 Å². The van der Waals surface area contributed by atoms with Crippen LogP contribution < -0.4 is 16.2 Å². The molecule has 116 valence electrons. The van der Waals surface area contributed by atoms with Gasteiger partial charge in [-0.2, -0.15) is 4.98 Å². The van der Waals surface area contributed by atoms with E-state index in [0.717, 1.165) is 32.4 Å². The van der Waals surface area contributed by atoms with Crippen molar-refractivity contribution >= 4 is 11.8 Å². The van der Waals surface area contributed by atoms with Gasteiger partial charge in [-0.3, -0.25) is 9.36 Å². The Kier molecular flexibility index (Phi) is 3.42. The van der Waals surface area contributed by atoms with Crippen molar-refractivity contribution in [2.75, 3.05) is 23.7 Å². The molecule has 2 fully saturated rings. The molecule has 1 aromatic rings. The molecule has 1 aliphatic heterocycles. The normalized spacial score (nSPS) is 24.7. The molecule has 2 N–H and O–H groups in total. The van der Waals surface area contributed by atoms with Gasteiger partial charge < -0.3 is 10.6 Å². The van der Waals surface area contributed by atoms with Gasteiger partial charge in [-0.15, -0.1) is 0 Å². The van der Waals surface area contributed by atoms with Crippen molar-refractivity contribution in [3.63, 3.8) is 0 Å². The minimum Gasteiger partial charge on any atom is -0.383 e. The van der Waals surface area contributed by atoms with Crippen LogP contribution in [0.2, 0.25) is 0 Å². The van der Waals surface area contributed by atoms with E-state index in [1.165, 1.54) is 0 Å². The average Bonchev–Trinajstić information content (AvgIpc) is 2.83. The summed E-state index contributed by atoms with van der Waals surface area (Å²) in [5, 5.41) is 0. The van der Waals surface area contributed by atoms with Crippen LogP contribution in [0.3, 0.4) is 0 Å². The van der Waals surface area contributed by atoms with Gasteiger partial charge in [-0.25, -0.2) is 4.39 Å². The van der Waals surface area contributed by atoms with E-state index in [9.17, 15) is 9.18 Å². The third-order valence-corrected chi connectivity index (χ3v) is 5.28. The van der Waals surface area contributed by atoms with Crippen molar-refractivity contribution < 1.29 is 4.39 Å². The number of nitrogen functional groups attached to an aromatic ring is 1. The quantitative estimate of drug-likeness (QED) is 0.857. The van der Waals surface area contributed by atoms with Crippen LogP contribution in [0.5, 0.6) is 0 Å². The highest BCUT2D eigenvalue weighted by atomic mass is 19.1. The minimum absolute atomic E-state index is 0.0949. The van der Waals surface area contributed by atoms with Crippen molar-refractivity contribution in [3.8, 4) is 0 Å². The van der Waals surface area contributed by atoms with Crippen molar-refractivity contribution in [1.82, 2.24) is 9.55 Å². The van der Waals surface area contributed by atoms with Gasteiger partial charge >= 0.3 is 0 Å². The van der Waals surface area contributed by atoms with Crippen molar-refractivity contribution in [1.29, 1.82) is 0 Å². The number of hydrogen-bond donors (Lipinski definition) is 1. The van der Waals surface area contributed by atoms with Gasteiger partial charge in [-0.05, 0) is 44.4 Å². The van der Waals surface area contributed by atoms with Gasteiger partial charge in [0.05, 0.1) is 5.56 Å². The second-order valence-electron chi connectivity index (χ2n) is 6.61. The van der Waals surface area contributed by atoms with E-state index in [1.807, 2.05) is 0 Å². The first-order valence-electron chi connectivity index (χ1n) is 7.64. The molecular weight excluding hydrogens is 271 g/mol. The summed E-state index contributed by atoms with van der Waals surface area (Å²) in [7, 11) is 1.73. The van der Waals surface area contributed by atoms with E-state index < -0.39 is 6.17 Å². The molecule has 2 aliphatic rings. The summed E-state index contributed by atoms with van der Waals surface area (Å²) < 4.78 is 15.1. The molecule has 0 radical (unpaired) electrons. The Hall–Kier alpha value is -1.59. The van der Waals surface area contributed by atoms with Crippen LogP contribution in [-0.4, -0.2) is 28.8 Å². The fraction of sp³-hybridized carbons (Fsp3) is 0.733. The number of anilines is 2. The molecule has 1 aromatic heterocycles. The molecule has 21 heavy (non-hydrogen) atoms. The maximum Gasteiger partial charge on any atom is 0.259 e. The third kappa shape index (κ3) is 2.40. The summed E-state index contributed by atoms with van der Waals surface area (Å²) in [5.74, 6) is 0.936. The smallest absolute Gasteiger partial charge is 0.259 e. The van der Waals surface area contributed by atoms with Gasteiger partial charge in [0, 0.05) is 20.1 Å². The summed E-state index contributed by atoms with van der Waals surface area (Å²) in [6, 6.07) is 0. The highest BCUT2D eigenvalue weighted by molar-refractivity contribution is 5.45. The van der Waals surface area contributed by atoms with Crippen LogP contribution in [0.15, 0.2) is 4.79 Å². The third-order valence-electron chi connectivity index (χ3n) is 5.28. The van der Waals surface area contributed by atoms with E-state index in [-0.39, 0.29) is 11.0 Å². The molecule has 3 rings (SSSR count). The predicted octanol–water partition coefficient (Wildman–Crippen LogP) is 1.78. The fourth-order valence-corrected chi connectivity index (χ4v) is 3.77. The number of hydrogen-bond acceptors (Lipinski definition) is 4. The molecule has 0 aromatic carbocycles. The zero-order valence-electron chi connectivity index (χ0n) is 12.7. The lowest BCUT2D eigenvalue weighted by molar-refractivity contribution is 0.203. The number of rotatable bonds is 1. The van der Waals surface area contributed by atoms with Gasteiger partial charge in [-0.1, -0.05) is 0 Å². The lowest BCUT2D eigenvalue weighted by atomic mass is 9.77. The molecule has 1 spiro atoms. The first-order valence-corrected chi connectivity index (χ1v) is 7.64. The maximum absolute atomic E-state index is 13.5. The molecule has 6 heteroatoms. The zero-order valence-corrected chi connectivity index (χ0v) is 12.7. The van der Waals surface area contributed by atoms with Crippen LogP contribution in [0.25, 0.3) is 0 Å². The Labute approximate surface area is 124 Å². The monoisotopic (exact) mass is 294 g/mol. The van der Waals surface area contributed by atoms with Crippen LogP contribution >= 0.6 is 0 Å². The first-order chi connectivity index (χ1) is 9.92. The predicted molar refractivity (Wildman–Crippen MR) is 81.3 cm³/mol. The number of piperidine rings is 1. The second kappa shape index (κ2) is 5.00. The van der Waals surface area contributed by atoms with Gasteiger partial charge in [0.25, 0.3) is 5.56 Å². The van der Waals surface area contributed by atoms with E-state index in [0.29, 0.717) is 30.2 Å². The highest BCUT2D eigenvalue weighted by Crippen LogP contribution is 2.47. The molecule has 0 bridgehead atoms. The van der Waals surface area contributed by atoms with E-state index in [1.54, 1.807) is 18.5 Å². The van der Waals surface area contributed by atoms with Crippen LogP contribution in [-0.2, 0) is 7.05 Å². The van der Waals surface area contributed by atoms with Crippen molar-refractivity contribution in [3.05, 3.63) is 15.9 Å². The molecule has 2 heterocycles. The summed E-state index contributed by atoms with van der Waals surface area (Å²) in [6.07, 6.45) is 3.70. The molecule has 1 saturated carbocycles. The summed E-state index contributed by atoms with van der Waals surface area (Å²) >= 11 is 0. The minimum atomic E-state index is -0.631. The van der Waals surface area contributed by atoms with Crippen LogP contribution in [0.1, 0.15) is 37.7 Å². The van der Waals surface area contributed by atoms with Gasteiger partial charge in [0.1, 0.15) is 12.0 Å². The Morgan fingerprint density at radius 3 is 2.57 bits per heavy atom. The lowest BCUT2D eigenvalue weighted by Crippen LogP contribution is -2.42. The molecule has 1 atom stereocenters. The number of halogens is 1. The number of alkyl halides is 1. The highest BCUT2D eigenvalue weighted by Gasteiger charge is 2.41. The van der Waals surface area contributed by atoms with Gasteiger partial charge in [0.15, 0.2) is 0 Å². The van der Waals surface area contributed by atoms with Crippen molar-refractivity contribution in [2.24, 2.45) is 12.5 Å². The lowest BCUT2D eigenvalue weighted by Gasteiger charge is -2.40. The van der Waals surface area contributed by atoms with E-state index in [4.69, 9.17) is 5.73 Å². The average molecular weight is 294 g/mol. The standard InChI is InChI=1S/C15H23FN4O/c1-10-12(17)18-14(19(2)13(10)21)20-7-5-15(6-8-20)4-3-11(16)9-15/h11H,3-9,17H2,1-2H3. The number of nitrogens with two attached hydrogens (primary N) is 1. The first kappa shape index (κ1) is 14.4. The maximum atomic E-state index is 13.5. The van der Waals surface area contributed by atoms with Gasteiger partial charge in [0.2, 0.25) is 5.95 Å². The van der Waals surface area contributed by atoms with Crippen molar-refractivity contribution in [2.45, 2.75) is 45.2 Å². The van der Waals surface area contributed by atoms with Crippen LogP contribution in [0.4, 0.5) is 16.2 Å². The molecule has 1 aliphatic carbocycles. The summed E-state index contributed by atoms with van der Waals surface area (Å²) in [5.41, 5.74) is 6.40. The number of aromatic nitrogens is 2. The van der Waals surface area contributed by atoms with E-state index >= 15 is 0 Å². The molecule has 1 saturated heterocycles. The Morgan fingerprint density at radius 1 is 1.33 bits per heavy atom. The SMILES string of the molecule is Cc1c(N)nc(N2CCC3(CCC(F)C3)CC2)n(C)c1=O. The Bertz CT molecular complexity index is 604. The molecule has 1 unspecified atom stereocenters. The Morgan fingerprint density at radius 2 is 2.00 bits per heavy atom. The second-order valence-corrected chi connectivity index (χ2v) is 6.61. The zero-order chi connectivity index (χ0) is 15.2. The Balaban J connectivity index is 1.80. The summed E-state index contributed by atoms with van der Waals surface area (Å²) in [6.45, 7) is 3.32. The fourth-order valence-electron chi connectivity index (χ4n) is 3.77. The largest absolute Gasteiger partial charge is 0.383 e. The topological polar surface area (TPSA) is 64.2 Å². The summed E-state index contributed by atoms with van der Waals surface area (Å²) in [4.78, 5) is 18.6. The number of nitrogens with zero attached hydrogens (tertiary/aromatic N) is 3. The molecule has 5 nitrogen and oxygen atoms in total. The molecule has 0 amide bonds. The molecular formula is C15H23FN4O. The van der Waals surface area contributed by atoms with E-state index in [2.05, 4.69) is 9.88 Å².